The molecule has 0 saturated carbocycles. The van der Waals surface area contributed by atoms with E-state index in [4.69, 9.17) is 4.74 Å². The Labute approximate surface area is 100 Å². The summed E-state index contributed by atoms with van der Waals surface area (Å²) < 4.78 is 18.6. The third-order valence-electron chi connectivity index (χ3n) is 2.01. The van der Waals surface area contributed by atoms with E-state index in [1.165, 1.54) is 12.1 Å². The highest BCUT2D eigenvalue weighted by Crippen LogP contribution is 2.18. The molecule has 1 aromatic carbocycles. The quantitative estimate of drug-likeness (QED) is 0.790. The summed E-state index contributed by atoms with van der Waals surface area (Å²) in [7, 11) is 3.44. The van der Waals surface area contributed by atoms with Gasteiger partial charge in [0.25, 0.3) is 0 Å². The van der Waals surface area contributed by atoms with Gasteiger partial charge in [-0.15, -0.1) is 0 Å². The molecular weight excluding hydrogens is 223 g/mol. The fourth-order valence-electron chi connectivity index (χ4n) is 1.40. The number of rotatable bonds is 5. The van der Waals surface area contributed by atoms with Gasteiger partial charge < -0.3 is 4.74 Å². The van der Waals surface area contributed by atoms with Gasteiger partial charge in [0.15, 0.2) is 11.6 Å². The summed E-state index contributed by atoms with van der Waals surface area (Å²) in [4.78, 5) is 11.4. The van der Waals surface area contributed by atoms with E-state index in [9.17, 15) is 9.18 Å². The highest BCUT2D eigenvalue weighted by Gasteiger charge is 2.08. The number of carbonyl (C=O) groups is 1. The van der Waals surface area contributed by atoms with Crippen LogP contribution in [0.1, 0.15) is 12.5 Å². The summed E-state index contributed by atoms with van der Waals surface area (Å²) in [5, 5.41) is 1.55. The van der Waals surface area contributed by atoms with Gasteiger partial charge >= 0.3 is 0 Å². The van der Waals surface area contributed by atoms with Crippen molar-refractivity contribution in [1.82, 2.24) is 10.4 Å². The summed E-state index contributed by atoms with van der Waals surface area (Å²) in [5.74, 6) is -0.412. The SMILES string of the molecule is CCOc1ccc(CC(=O)NN(C)C)cc1F. The van der Waals surface area contributed by atoms with Gasteiger partial charge in [0.05, 0.1) is 13.0 Å². The smallest absolute Gasteiger partial charge is 0.238 e. The Hall–Kier alpha value is -1.62. The molecule has 0 heterocycles. The van der Waals surface area contributed by atoms with E-state index >= 15 is 0 Å². The topological polar surface area (TPSA) is 41.6 Å². The van der Waals surface area contributed by atoms with Crippen molar-refractivity contribution in [2.45, 2.75) is 13.3 Å². The third kappa shape index (κ3) is 4.40. The maximum absolute atomic E-state index is 13.5. The molecule has 0 aliphatic rings. The van der Waals surface area contributed by atoms with Crippen molar-refractivity contribution < 1.29 is 13.9 Å². The molecule has 5 heteroatoms. The van der Waals surface area contributed by atoms with Crippen molar-refractivity contribution in [3.63, 3.8) is 0 Å². The second-order valence-corrected chi connectivity index (χ2v) is 3.80. The number of nitrogens with zero attached hydrogens (tertiary/aromatic N) is 1. The second kappa shape index (κ2) is 6.20. The number of hydrogen-bond acceptors (Lipinski definition) is 3. The molecule has 1 rings (SSSR count). The first kappa shape index (κ1) is 13.4. The van der Waals surface area contributed by atoms with Crippen LogP contribution in [0.5, 0.6) is 5.75 Å². The minimum Gasteiger partial charge on any atom is -0.491 e. The molecule has 1 amide bonds. The summed E-state index contributed by atoms with van der Waals surface area (Å²) in [6.45, 7) is 2.20. The Balaban J connectivity index is 2.67. The first-order valence-electron chi connectivity index (χ1n) is 5.41. The molecule has 0 bridgehead atoms. The van der Waals surface area contributed by atoms with Crippen LogP contribution in [-0.4, -0.2) is 31.6 Å². The van der Waals surface area contributed by atoms with Gasteiger partial charge in [-0.05, 0) is 24.6 Å². The van der Waals surface area contributed by atoms with Gasteiger partial charge in [-0.25, -0.2) is 9.40 Å². The number of ether oxygens (including phenoxy) is 1. The van der Waals surface area contributed by atoms with Crippen LogP contribution in [0.3, 0.4) is 0 Å². The molecule has 0 unspecified atom stereocenters. The monoisotopic (exact) mass is 240 g/mol. The van der Waals surface area contributed by atoms with Crippen LogP contribution >= 0.6 is 0 Å². The molecule has 0 aliphatic heterocycles. The number of benzene rings is 1. The summed E-state index contributed by atoms with van der Waals surface area (Å²) in [6.07, 6.45) is 0.140. The average molecular weight is 240 g/mol. The number of hydrogen-bond donors (Lipinski definition) is 1. The van der Waals surface area contributed by atoms with Crippen LogP contribution < -0.4 is 10.2 Å². The molecule has 17 heavy (non-hydrogen) atoms. The predicted octanol–water partition coefficient (Wildman–Crippen LogP) is 1.36. The van der Waals surface area contributed by atoms with Crippen molar-refractivity contribution in [3.05, 3.63) is 29.6 Å². The zero-order valence-corrected chi connectivity index (χ0v) is 10.3. The number of nitrogens with one attached hydrogen (secondary N) is 1. The van der Waals surface area contributed by atoms with Gasteiger partial charge in [-0.2, -0.15) is 0 Å². The van der Waals surface area contributed by atoms with Crippen LogP contribution in [0.4, 0.5) is 4.39 Å². The van der Waals surface area contributed by atoms with Crippen LogP contribution in [0.25, 0.3) is 0 Å². The maximum atomic E-state index is 13.5. The van der Waals surface area contributed by atoms with Crippen molar-refractivity contribution in [1.29, 1.82) is 0 Å². The Morgan fingerprint density at radius 2 is 2.18 bits per heavy atom. The zero-order chi connectivity index (χ0) is 12.8. The molecule has 0 radical (unpaired) electrons. The molecule has 0 spiro atoms. The lowest BCUT2D eigenvalue weighted by molar-refractivity contribution is -0.124. The molecule has 0 fully saturated rings. The largest absolute Gasteiger partial charge is 0.491 e. The molecule has 0 atom stereocenters. The lowest BCUT2D eigenvalue weighted by atomic mass is 10.1. The molecular formula is C12H17FN2O2. The first-order chi connectivity index (χ1) is 8.02. The number of carbonyl (C=O) groups excluding carboxylic acids is 1. The van der Waals surface area contributed by atoms with Crippen molar-refractivity contribution in [2.24, 2.45) is 0 Å². The first-order valence-corrected chi connectivity index (χ1v) is 5.41. The second-order valence-electron chi connectivity index (χ2n) is 3.80. The van der Waals surface area contributed by atoms with Gasteiger partial charge in [0.1, 0.15) is 0 Å². The average Bonchev–Trinajstić information content (AvgIpc) is 2.21. The van der Waals surface area contributed by atoms with Gasteiger partial charge in [0, 0.05) is 14.1 Å². The molecule has 1 aromatic rings. The molecule has 0 saturated heterocycles. The van der Waals surface area contributed by atoms with Gasteiger partial charge in [-0.1, -0.05) is 6.07 Å². The molecule has 1 N–H and O–H groups in total. The molecule has 0 aliphatic carbocycles. The Morgan fingerprint density at radius 3 is 2.71 bits per heavy atom. The third-order valence-corrected chi connectivity index (χ3v) is 2.01. The molecule has 4 nitrogen and oxygen atoms in total. The van der Waals surface area contributed by atoms with E-state index in [0.29, 0.717) is 12.2 Å². The summed E-state index contributed by atoms with van der Waals surface area (Å²) >= 11 is 0. The fraction of sp³-hybridized carbons (Fsp3) is 0.417. The van der Waals surface area contributed by atoms with Crippen LogP contribution in [0.15, 0.2) is 18.2 Å². The number of amides is 1. The Morgan fingerprint density at radius 1 is 1.47 bits per heavy atom. The van der Waals surface area contributed by atoms with E-state index in [2.05, 4.69) is 5.43 Å². The Bertz CT molecular complexity index is 394. The molecule has 0 aromatic heterocycles. The Kier molecular flexibility index (Phi) is 4.90. The van der Waals surface area contributed by atoms with E-state index < -0.39 is 5.82 Å². The zero-order valence-electron chi connectivity index (χ0n) is 10.3. The number of halogens is 1. The minimum absolute atomic E-state index is 0.140. The van der Waals surface area contributed by atoms with Crippen LogP contribution in [-0.2, 0) is 11.2 Å². The molecule has 94 valence electrons. The van der Waals surface area contributed by atoms with Crippen LogP contribution in [0, 0.1) is 5.82 Å². The normalized spacial score (nSPS) is 10.4. The van der Waals surface area contributed by atoms with E-state index in [0.717, 1.165) is 0 Å². The van der Waals surface area contributed by atoms with Gasteiger partial charge in [-0.3, -0.25) is 10.2 Å². The van der Waals surface area contributed by atoms with Crippen molar-refractivity contribution in [2.75, 3.05) is 20.7 Å². The van der Waals surface area contributed by atoms with E-state index in [-0.39, 0.29) is 18.1 Å². The van der Waals surface area contributed by atoms with Crippen LogP contribution in [0.2, 0.25) is 0 Å². The lowest BCUT2D eigenvalue weighted by Gasteiger charge is -2.12. The summed E-state index contributed by atoms with van der Waals surface area (Å²) in [6, 6.07) is 4.54. The fourth-order valence-corrected chi connectivity index (χ4v) is 1.40. The predicted molar refractivity (Wildman–Crippen MR) is 63.1 cm³/mol. The summed E-state index contributed by atoms with van der Waals surface area (Å²) in [5.41, 5.74) is 3.21. The highest BCUT2D eigenvalue weighted by molar-refractivity contribution is 5.78. The maximum Gasteiger partial charge on any atom is 0.238 e. The lowest BCUT2D eigenvalue weighted by Crippen LogP contribution is -2.37. The van der Waals surface area contributed by atoms with Crippen molar-refractivity contribution >= 4 is 5.91 Å². The highest BCUT2D eigenvalue weighted by atomic mass is 19.1. The van der Waals surface area contributed by atoms with E-state index in [1.807, 2.05) is 0 Å². The minimum atomic E-state index is -0.443. The standard InChI is InChI=1S/C12H17FN2O2/c1-4-17-11-6-5-9(7-10(11)13)8-12(16)14-15(2)3/h5-7H,4,8H2,1-3H3,(H,14,16). The number of hydrazine groups is 1. The van der Waals surface area contributed by atoms with E-state index in [1.54, 1.807) is 32.1 Å². The van der Waals surface area contributed by atoms with Crippen molar-refractivity contribution in [3.8, 4) is 5.75 Å². The van der Waals surface area contributed by atoms with Gasteiger partial charge in [0.2, 0.25) is 5.91 Å².